The second kappa shape index (κ2) is 7.46. The second-order valence-corrected chi connectivity index (χ2v) is 6.75. The molecule has 2 aromatic heterocycles. The minimum absolute atomic E-state index is 0.823. The third-order valence-electron chi connectivity index (χ3n) is 4.62. The van der Waals surface area contributed by atoms with Crippen molar-refractivity contribution in [1.82, 2.24) is 14.8 Å². The smallest absolute Gasteiger partial charge is 0.130 e. The van der Waals surface area contributed by atoms with Crippen molar-refractivity contribution in [3.63, 3.8) is 0 Å². The Morgan fingerprint density at radius 1 is 1.00 bits per heavy atom. The third kappa shape index (κ3) is 4.06. The molecule has 2 aromatic carbocycles. The number of anilines is 1. The molecular formula is C23H22N4. The fourth-order valence-electron chi connectivity index (χ4n) is 3.14. The lowest BCUT2D eigenvalue weighted by atomic mass is 10.0. The summed E-state index contributed by atoms with van der Waals surface area (Å²) in [5, 5.41) is 9.86. The zero-order valence-corrected chi connectivity index (χ0v) is 15.4. The molecule has 0 fully saturated rings. The van der Waals surface area contributed by atoms with E-state index < -0.39 is 0 Å². The van der Waals surface area contributed by atoms with Crippen LogP contribution in [0.25, 0.3) is 21.9 Å². The van der Waals surface area contributed by atoms with Gasteiger partial charge in [-0.3, -0.25) is 4.68 Å². The lowest BCUT2D eigenvalue weighted by Crippen LogP contribution is -2.01. The Morgan fingerprint density at radius 3 is 2.63 bits per heavy atom. The van der Waals surface area contributed by atoms with Gasteiger partial charge in [0.15, 0.2) is 0 Å². The van der Waals surface area contributed by atoms with Crippen LogP contribution in [0.15, 0.2) is 85.5 Å². The number of allylic oxidation sites excluding steroid dienone is 1. The fraction of sp³-hybridized carbons (Fsp3) is 0.130. The van der Waals surface area contributed by atoms with E-state index in [-0.39, 0.29) is 0 Å². The summed E-state index contributed by atoms with van der Waals surface area (Å²) in [5.74, 6) is 0.823. The number of pyridine rings is 1. The van der Waals surface area contributed by atoms with E-state index in [9.17, 15) is 0 Å². The Kier molecular flexibility index (Phi) is 4.71. The molecule has 134 valence electrons. The fourth-order valence-corrected chi connectivity index (χ4v) is 3.14. The molecule has 0 saturated heterocycles. The van der Waals surface area contributed by atoms with Crippen LogP contribution in [0.3, 0.4) is 0 Å². The van der Waals surface area contributed by atoms with E-state index in [4.69, 9.17) is 0 Å². The maximum Gasteiger partial charge on any atom is 0.130 e. The second-order valence-electron chi connectivity index (χ2n) is 6.75. The molecule has 4 heteroatoms. The zero-order valence-electron chi connectivity index (χ0n) is 15.4. The Hall–Kier alpha value is -3.40. The van der Waals surface area contributed by atoms with E-state index in [2.05, 4.69) is 70.5 Å². The summed E-state index contributed by atoms with van der Waals surface area (Å²) in [4.78, 5) is 4.52. The van der Waals surface area contributed by atoms with Crippen LogP contribution in [0.4, 0.5) is 5.82 Å². The molecule has 0 amide bonds. The van der Waals surface area contributed by atoms with Gasteiger partial charge in [-0.1, -0.05) is 49.0 Å². The molecule has 0 aliphatic carbocycles. The first-order valence-corrected chi connectivity index (χ1v) is 9.05. The van der Waals surface area contributed by atoms with Crippen molar-refractivity contribution in [3.05, 3.63) is 91.0 Å². The number of nitrogens with zero attached hydrogens (tertiary/aromatic N) is 3. The molecule has 2 heterocycles. The zero-order chi connectivity index (χ0) is 18.6. The van der Waals surface area contributed by atoms with Gasteiger partial charge in [0.2, 0.25) is 0 Å². The Labute approximate surface area is 159 Å². The molecule has 0 aliphatic heterocycles. The van der Waals surface area contributed by atoms with Crippen LogP contribution < -0.4 is 5.32 Å². The van der Waals surface area contributed by atoms with Crippen molar-refractivity contribution in [1.29, 1.82) is 0 Å². The van der Waals surface area contributed by atoms with Crippen LogP contribution in [0.1, 0.15) is 12.0 Å². The number of aryl methyl sites for hydroxylation is 2. The van der Waals surface area contributed by atoms with Crippen molar-refractivity contribution in [2.24, 2.45) is 7.05 Å². The molecule has 0 atom stereocenters. The molecule has 0 aliphatic rings. The van der Waals surface area contributed by atoms with E-state index in [1.807, 2.05) is 36.4 Å². The number of nitrogens with one attached hydrogen (secondary N) is 1. The highest BCUT2D eigenvalue weighted by atomic mass is 15.2. The molecule has 0 saturated carbocycles. The minimum Gasteiger partial charge on any atom is -0.344 e. The summed E-state index contributed by atoms with van der Waals surface area (Å²) in [6, 6.07) is 18.9. The van der Waals surface area contributed by atoms with Crippen molar-refractivity contribution in [3.8, 4) is 11.1 Å². The number of rotatable bonds is 6. The topological polar surface area (TPSA) is 42.7 Å². The number of benzene rings is 2. The first-order valence-electron chi connectivity index (χ1n) is 9.05. The van der Waals surface area contributed by atoms with Crippen LogP contribution in [0, 0.1) is 0 Å². The molecule has 0 bridgehead atoms. The van der Waals surface area contributed by atoms with E-state index in [0.29, 0.717) is 0 Å². The Bertz CT molecular complexity index is 1080. The third-order valence-corrected chi connectivity index (χ3v) is 4.62. The van der Waals surface area contributed by atoms with Crippen LogP contribution >= 0.6 is 0 Å². The van der Waals surface area contributed by atoms with Crippen LogP contribution in [-0.4, -0.2) is 14.8 Å². The molecule has 4 rings (SSSR count). The van der Waals surface area contributed by atoms with Gasteiger partial charge in [-0.2, -0.15) is 5.10 Å². The lowest BCUT2D eigenvalue weighted by Gasteiger charge is -2.10. The number of hydrogen-bond donors (Lipinski definition) is 1. The van der Waals surface area contributed by atoms with Crippen LogP contribution in [0.5, 0.6) is 0 Å². The summed E-state index contributed by atoms with van der Waals surface area (Å²) >= 11 is 0. The van der Waals surface area contributed by atoms with E-state index >= 15 is 0 Å². The monoisotopic (exact) mass is 354 g/mol. The van der Waals surface area contributed by atoms with Crippen LogP contribution in [-0.2, 0) is 13.5 Å². The Balaban J connectivity index is 1.49. The molecular weight excluding hydrogens is 332 g/mol. The molecule has 0 unspecified atom stereocenters. The quantitative estimate of drug-likeness (QED) is 0.518. The van der Waals surface area contributed by atoms with Gasteiger partial charge in [0.25, 0.3) is 0 Å². The van der Waals surface area contributed by atoms with Crippen LogP contribution in [0.2, 0.25) is 0 Å². The van der Waals surface area contributed by atoms with Crippen molar-refractivity contribution in [2.45, 2.75) is 12.8 Å². The highest BCUT2D eigenvalue weighted by molar-refractivity contribution is 5.88. The summed E-state index contributed by atoms with van der Waals surface area (Å²) < 4.78 is 1.82. The summed E-state index contributed by atoms with van der Waals surface area (Å²) in [5.41, 5.74) is 4.54. The van der Waals surface area contributed by atoms with E-state index in [1.165, 1.54) is 5.56 Å². The maximum atomic E-state index is 4.52. The predicted octanol–water partition coefficient (Wildman–Crippen LogP) is 5.19. The molecule has 4 aromatic rings. The van der Waals surface area contributed by atoms with Gasteiger partial charge in [0.05, 0.1) is 6.20 Å². The normalized spacial score (nSPS) is 10.9. The molecule has 0 spiro atoms. The van der Waals surface area contributed by atoms with Crippen molar-refractivity contribution in [2.75, 3.05) is 5.32 Å². The minimum atomic E-state index is 0.823. The molecule has 27 heavy (non-hydrogen) atoms. The lowest BCUT2D eigenvalue weighted by molar-refractivity contribution is 0.768. The van der Waals surface area contributed by atoms with E-state index in [1.54, 1.807) is 0 Å². The maximum absolute atomic E-state index is 4.52. The first kappa shape index (κ1) is 17.0. The van der Waals surface area contributed by atoms with Gasteiger partial charge in [0, 0.05) is 36.1 Å². The predicted molar refractivity (Wildman–Crippen MR) is 111 cm³/mol. The Morgan fingerprint density at radius 2 is 1.85 bits per heavy atom. The standard InChI is InChI=1S/C23H22N4/c1-17(8-9-18-6-4-3-5-7-18)26-23-13-21-12-19(10-11-20(21)14-24-23)22-15-25-27(2)16-22/h3-7,10-16H,1,8-9H2,2H3,(H,24,26). The average molecular weight is 354 g/mol. The van der Waals surface area contributed by atoms with Gasteiger partial charge in [-0.25, -0.2) is 4.98 Å². The number of aromatic nitrogens is 3. The summed E-state index contributed by atoms with van der Waals surface area (Å²) in [6.07, 6.45) is 7.64. The van der Waals surface area contributed by atoms with Gasteiger partial charge in [-0.15, -0.1) is 0 Å². The van der Waals surface area contributed by atoms with Gasteiger partial charge in [0.1, 0.15) is 5.82 Å². The molecule has 0 radical (unpaired) electrons. The van der Waals surface area contributed by atoms with Crippen molar-refractivity contribution >= 4 is 16.6 Å². The highest BCUT2D eigenvalue weighted by Crippen LogP contribution is 2.25. The van der Waals surface area contributed by atoms with Gasteiger partial charge >= 0.3 is 0 Å². The number of fused-ring (bicyclic) bond motifs is 1. The average Bonchev–Trinajstić information content (AvgIpc) is 3.13. The van der Waals surface area contributed by atoms with E-state index in [0.717, 1.165) is 46.3 Å². The first-order chi connectivity index (χ1) is 13.2. The van der Waals surface area contributed by atoms with Crippen molar-refractivity contribution < 1.29 is 0 Å². The number of hydrogen-bond acceptors (Lipinski definition) is 3. The largest absolute Gasteiger partial charge is 0.344 e. The van der Waals surface area contributed by atoms with Gasteiger partial charge < -0.3 is 5.32 Å². The molecule has 1 N–H and O–H groups in total. The molecule has 4 nitrogen and oxygen atoms in total. The van der Waals surface area contributed by atoms with Gasteiger partial charge in [-0.05, 0) is 41.5 Å². The summed E-state index contributed by atoms with van der Waals surface area (Å²) in [6.45, 7) is 4.15. The SMILES string of the molecule is C=C(CCc1ccccc1)Nc1cc2cc(-c3cnn(C)c3)ccc2cn1. The highest BCUT2D eigenvalue weighted by Gasteiger charge is 2.05. The summed E-state index contributed by atoms with van der Waals surface area (Å²) in [7, 11) is 1.93.